The monoisotopic (exact) mass is 212 g/mol. The fourth-order valence-electron chi connectivity index (χ4n) is 1.62. The molecule has 0 saturated heterocycles. The second kappa shape index (κ2) is 4.75. The van der Waals surface area contributed by atoms with Crippen LogP contribution in [0.5, 0.6) is 0 Å². The van der Waals surface area contributed by atoms with Gasteiger partial charge in [0.15, 0.2) is 0 Å². The third-order valence-corrected chi connectivity index (χ3v) is 2.56. The van der Waals surface area contributed by atoms with Gasteiger partial charge in [0.05, 0.1) is 0 Å². The van der Waals surface area contributed by atoms with Crippen molar-refractivity contribution in [1.29, 1.82) is 0 Å². The number of hydrogen-bond acceptors (Lipinski definition) is 0. The summed E-state index contributed by atoms with van der Waals surface area (Å²) in [6.45, 7) is 1.80. The van der Waals surface area contributed by atoms with Gasteiger partial charge in [0, 0.05) is 5.56 Å². The first-order valence-electron chi connectivity index (χ1n) is 5.26. The predicted octanol–water partition coefficient (Wildman–Crippen LogP) is 4.54. The van der Waals surface area contributed by atoms with E-state index >= 15 is 0 Å². The van der Waals surface area contributed by atoms with Crippen LogP contribution in [0.15, 0.2) is 60.7 Å². The number of allylic oxidation sites excluding steroid dienone is 1. The molecule has 0 fully saturated rings. The van der Waals surface area contributed by atoms with E-state index in [1.165, 1.54) is 0 Å². The molecular weight excluding hydrogens is 199 g/mol. The molecule has 0 radical (unpaired) electrons. The van der Waals surface area contributed by atoms with Gasteiger partial charge >= 0.3 is 0 Å². The molecule has 0 heterocycles. The van der Waals surface area contributed by atoms with Gasteiger partial charge in [-0.1, -0.05) is 60.7 Å². The van der Waals surface area contributed by atoms with E-state index in [1.807, 2.05) is 48.5 Å². The molecule has 0 saturated carbocycles. The molecule has 0 bridgehead atoms. The highest BCUT2D eigenvalue weighted by Crippen LogP contribution is 2.26. The summed E-state index contributed by atoms with van der Waals surface area (Å²) < 4.78 is 14.1. The topological polar surface area (TPSA) is 0 Å². The highest BCUT2D eigenvalue weighted by Gasteiger charge is 2.05. The van der Waals surface area contributed by atoms with Crippen molar-refractivity contribution in [2.75, 3.05) is 0 Å². The average Bonchev–Trinajstić information content (AvgIpc) is 2.39. The summed E-state index contributed by atoms with van der Waals surface area (Å²) in [5, 5.41) is 0. The van der Waals surface area contributed by atoms with E-state index < -0.39 is 0 Å². The SMILES string of the molecule is C/C(=C(\F)c1ccccc1)c1ccccc1. The first-order chi connectivity index (χ1) is 7.79. The Morgan fingerprint density at radius 3 is 1.69 bits per heavy atom. The van der Waals surface area contributed by atoms with Gasteiger partial charge in [-0.05, 0) is 18.1 Å². The van der Waals surface area contributed by atoms with E-state index in [4.69, 9.17) is 0 Å². The molecule has 80 valence electrons. The molecule has 1 heteroatoms. The quantitative estimate of drug-likeness (QED) is 0.641. The zero-order valence-corrected chi connectivity index (χ0v) is 9.15. The van der Waals surface area contributed by atoms with Crippen LogP contribution in [-0.4, -0.2) is 0 Å². The summed E-state index contributed by atoms with van der Waals surface area (Å²) >= 11 is 0. The molecule has 2 rings (SSSR count). The van der Waals surface area contributed by atoms with Crippen LogP contribution < -0.4 is 0 Å². The maximum atomic E-state index is 14.1. The van der Waals surface area contributed by atoms with E-state index in [0.717, 1.165) is 5.56 Å². The molecule has 16 heavy (non-hydrogen) atoms. The van der Waals surface area contributed by atoms with Gasteiger partial charge in [-0.3, -0.25) is 0 Å². The van der Waals surface area contributed by atoms with Gasteiger partial charge in [0.1, 0.15) is 5.83 Å². The minimum Gasteiger partial charge on any atom is -0.206 e. The lowest BCUT2D eigenvalue weighted by Gasteiger charge is -2.04. The molecule has 0 aliphatic carbocycles. The Morgan fingerprint density at radius 1 is 0.750 bits per heavy atom. The molecule has 0 nitrogen and oxygen atoms in total. The number of rotatable bonds is 2. The first kappa shape index (κ1) is 10.6. The molecule has 0 aromatic heterocycles. The second-order valence-corrected chi connectivity index (χ2v) is 3.67. The molecule has 0 aliphatic heterocycles. The molecule has 0 N–H and O–H groups in total. The lowest BCUT2D eigenvalue weighted by molar-refractivity contribution is 0.761. The lowest BCUT2D eigenvalue weighted by atomic mass is 10.0. The van der Waals surface area contributed by atoms with E-state index in [2.05, 4.69) is 0 Å². The largest absolute Gasteiger partial charge is 0.206 e. The van der Waals surface area contributed by atoms with Crippen LogP contribution in [0.1, 0.15) is 18.1 Å². The standard InChI is InChI=1S/C15H13F/c1-12(13-8-4-2-5-9-13)15(16)14-10-6-3-7-11-14/h2-11H,1H3/b15-12+. The summed E-state index contributed by atoms with van der Waals surface area (Å²) in [4.78, 5) is 0. The Balaban J connectivity index is 2.43. The summed E-state index contributed by atoms with van der Waals surface area (Å²) in [7, 11) is 0. The van der Waals surface area contributed by atoms with Crippen LogP contribution >= 0.6 is 0 Å². The molecule has 0 amide bonds. The fraction of sp³-hybridized carbons (Fsp3) is 0.0667. The van der Waals surface area contributed by atoms with Crippen molar-refractivity contribution in [2.45, 2.75) is 6.92 Å². The first-order valence-corrected chi connectivity index (χ1v) is 5.26. The van der Waals surface area contributed by atoms with Gasteiger partial charge in [-0.15, -0.1) is 0 Å². The molecule has 2 aromatic rings. The van der Waals surface area contributed by atoms with E-state index in [1.54, 1.807) is 19.1 Å². The Bertz CT molecular complexity index is 436. The fourth-order valence-corrected chi connectivity index (χ4v) is 1.62. The number of benzene rings is 2. The van der Waals surface area contributed by atoms with Gasteiger partial charge in [0.2, 0.25) is 0 Å². The molecule has 0 unspecified atom stereocenters. The van der Waals surface area contributed by atoms with E-state index in [-0.39, 0.29) is 5.83 Å². The normalized spacial score (nSPS) is 12.1. The van der Waals surface area contributed by atoms with Crippen LogP contribution in [0.3, 0.4) is 0 Å². The second-order valence-electron chi connectivity index (χ2n) is 3.67. The van der Waals surface area contributed by atoms with Gasteiger partial charge in [0.25, 0.3) is 0 Å². The summed E-state index contributed by atoms with van der Waals surface area (Å²) in [6, 6.07) is 18.7. The van der Waals surface area contributed by atoms with Crippen molar-refractivity contribution in [2.24, 2.45) is 0 Å². The van der Waals surface area contributed by atoms with Crippen molar-refractivity contribution in [3.05, 3.63) is 71.8 Å². The minimum absolute atomic E-state index is 0.160. The van der Waals surface area contributed by atoms with E-state index in [0.29, 0.717) is 11.1 Å². The zero-order valence-electron chi connectivity index (χ0n) is 9.15. The Morgan fingerprint density at radius 2 is 1.19 bits per heavy atom. The van der Waals surface area contributed by atoms with Crippen molar-refractivity contribution < 1.29 is 4.39 Å². The summed E-state index contributed by atoms with van der Waals surface area (Å²) in [6.07, 6.45) is 0. The Kier molecular flexibility index (Phi) is 3.16. The summed E-state index contributed by atoms with van der Waals surface area (Å²) in [5.74, 6) is -0.160. The van der Waals surface area contributed by atoms with Crippen molar-refractivity contribution in [3.8, 4) is 0 Å². The molecular formula is C15H13F. The van der Waals surface area contributed by atoms with Crippen molar-refractivity contribution in [1.82, 2.24) is 0 Å². The van der Waals surface area contributed by atoms with Gasteiger partial charge in [-0.2, -0.15) is 0 Å². The highest BCUT2D eigenvalue weighted by molar-refractivity contribution is 5.85. The van der Waals surface area contributed by atoms with Gasteiger partial charge < -0.3 is 0 Å². The van der Waals surface area contributed by atoms with Crippen LogP contribution in [-0.2, 0) is 0 Å². The van der Waals surface area contributed by atoms with Crippen molar-refractivity contribution >= 4 is 11.4 Å². The zero-order chi connectivity index (χ0) is 11.4. The molecule has 0 aliphatic rings. The Hall–Kier alpha value is -1.89. The smallest absolute Gasteiger partial charge is 0.133 e. The van der Waals surface area contributed by atoms with Crippen LogP contribution in [0, 0.1) is 0 Å². The highest BCUT2D eigenvalue weighted by atomic mass is 19.1. The third kappa shape index (κ3) is 2.19. The average molecular weight is 212 g/mol. The van der Waals surface area contributed by atoms with Crippen molar-refractivity contribution in [3.63, 3.8) is 0 Å². The summed E-state index contributed by atoms with van der Waals surface area (Å²) in [5.41, 5.74) is 2.22. The van der Waals surface area contributed by atoms with Crippen LogP contribution in [0.2, 0.25) is 0 Å². The Labute approximate surface area is 95.1 Å². The molecule has 0 atom stereocenters. The van der Waals surface area contributed by atoms with Gasteiger partial charge in [-0.25, -0.2) is 4.39 Å². The molecule has 0 spiro atoms. The third-order valence-electron chi connectivity index (χ3n) is 2.56. The minimum atomic E-state index is -0.160. The predicted molar refractivity (Wildman–Crippen MR) is 66.5 cm³/mol. The maximum Gasteiger partial charge on any atom is 0.133 e. The lowest BCUT2D eigenvalue weighted by Crippen LogP contribution is -1.84. The van der Waals surface area contributed by atoms with Crippen LogP contribution in [0.4, 0.5) is 4.39 Å². The van der Waals surface area contributed by atoms with Crippen LogP contribution in [0.25, 0.3) is 11.4 Å². The maximum absolute atomic E-state index is 14.1. The van der Waals surface area contributed by atoms with E-state index in [9.17, 15) is 4.39 Å². The molecule has 2 aromatic carbocycles. The number of halogens is 1. The number of hydrogen-bond donors (Lipinski definition) is 0.